The average molecular weight is 288 g/mol. The summed E-state index contributed by atoms with van der Waals surface area (Å²) in [5, 5.41) is 7.65. The minimum atomic E-state index is -0.0569. The van der Waals surface area contributed by atoms with Gasteiger partial charge in [-0.25, -0.2) is 4.68 Å². The van der Waals surface area contributed by atoms with E-state index in [4.69, 9.17) is 4.74 Å². The average Bonchev–Trinajstić information content (AvgIpc) is 2.85. The van der Waals surface area contributed by atoms with Crippen LogP contribution < -0.4 is 0 Å². The lowest BCUT2D eigenvalue weighted by Gasteiger charge is -2.15. The molecule has 0 spiro atoms. The van der Waals surface area contributed by atoms with Crippen LogP contribution in [0, 0.1) is 5.92 Å². The summed E-state index contributed by atoms with van der Waals surface area (Å²) < 4.78 is 7.55. The smallest absolute Gasteiger partial charge is 0.189 e. The van der Waals surface area contributed by atoms with Crippen LogP contribution in [0.1, 0.15) is 30.3 Å². The highest BCUT2D eigenvalue weighted by Crippen LogP contribution is 2.28. The second kappa shape index (κ2) is 4.63. The van der Waals surface area contributed by atoms with E-state index in [1.54, 1.807) is 7.05 Å². The first kappa shape index (κ1) is 11.7. The van der Waals surface area contributed by atoms with Crippen LogP contribution in [0.4, 0.5) is 0 Å². The highest BCUT2D eigenvalue weighted by Gasteiger charge is 2.35. The van der Waals surface area contributed by atoms with Gasteiger partial charge in [0, 0.05) is 13.7 Å². The number of carbonyl (C=O) groups is 1. The van der Waals surface area contributed by atoms with Crippen LogP contribution in [-0.4, -0.2) is 33.5 Å². The van der Waals surface area contributed by atoms with Crippen molar-refractivity contribution in [1.29, 1.82) is 0 Å². The van der Waals surface area contributed by atoms with Crippen molar-refractivity contribution in [3.05, 3.63) is 10.3 Å². The van der Waals surface area contributed by atoms with Crippen molar-refractivity contribution in [2.24, 2.45) is 13.0 Å². The Morgan fingerprint density at radius 2 is 2.44 bits per heavy atom. The van der Waals surface area contributed by atoms with Gasteiger partial charge in [0.25, 0.3) is 0 Å². The Morgan fingerprint density at radius 3 is 3.00 bits per heavy atom. The fourth-order valence-corrected chi connectivity index (χ4v) is 2.64. The van der Waals surface area contributed by atoms with Crippen molar-refractivity contribution >= 4 is 21.7 Å². The third kappa shape index (κ3) is 1.91. The first-order chi connectivity index (χ1) is 7.65. The lowest BCUT2D eigenvalue weighted by molar-refractivity contribution is 0.0681. The highest BCUT2D eigenvalue weighted by atomic mass is 79.9. The number of nitrogens with zero attached hydrogens (tertiary/aromatic N) is 3. The molecule has 2 heterocycles. The number of aryl methyl sites for hydroxylation is 1. The van der Waals surface area contributed by atoms with Crippen LogP contribution in [0.2, 0.25) is 0 Å². The molecule has 0 radical (unpaired) electrons. The molecule has 0 bridgehead atoms. The van der Waals surface area contributed by atoms with Crippen LogP contribution >= 0.6 is 15.9 Å². The fraction of sp³-hybridized carbons (Fsp3) is 0.700. The monoisotopic (exact) mass is 287 g/mol. The van der Waals surface area contributed by atoms with Gasteiger partial charge in [0.2, 0.25) is 0 Å². The molecule has 5 nitrogen and oxygen atoms in total. The molecule has 0 aliphatic carbocycles. The Hall–Kier alpha value is -0.750. The van der Waals surface area contributed by atoms with Crippen molar-refractivity contribution < 1.29 is 9.53 Å². The third-order valence-corrected chi connectivity index (χ3v) is 3.50. The molecule has 0 saturated carbocycles. The number of ketones is 1. The Kier molecular flexibility index (Phi) is 3.39. The van der Waals surface area contributed by atoms with Gasteiger partial charge in [0.1, 0.15) is 5.69 Å². The van der Waals surface area contributed by atoms with E-state index in [2.05, 4.69) is 26.2 Å². The molecule has 88 valence electrons. The summed E-state index contributed by atoms with van der Waals surface area (Å²) in [6.07, 6.45) is 1.68. The molecule has 2 rings (SSSR count). The summed E-state index contributed by atoms with van der Waals surface area (Å²) in [5.41, 5.74) is 0.536. The summed E-state index contributed by atoms with van der Waals surface area (Å²) in [4.78, 5) is 12.3. The van der Waals surface area contributed by atoms with E-state index in [1.165, 1.54) is 4.68 Å². The zero-order valence-electron chi connectivity index (χ0n) is 9.31. The molecule has 1 saturated heterocycles. The van der Waals surface area contributed by atoms with Crippen LogP contribution in [0.3, 0.4) is 0 Å². The molecular weight excluding hydrogens is 274 g/mol. The van der Waals surface area contributed by atoms with Crippen LogP contribution in [0.5, 0.6) is 0 Å². The number of ether oxygens (including phenoxy) is 1. The summed E-state index contributed by atoms with van der Waals surface area (Å²) in [5.74, 6) is 0.0159. The molecule has 2 atom stereocenters. The lowest BCUT2D eigenvalue weighted by Crippen LogP contribution is -2.25. The molecular formula is C10H14BrN3O2. The first-order valence-corrected chi connectivity index (χ1v) is 6.15. The number of rotatable bonds is 3. The predicted molar refractivity (Wildman–Crippen MR) is 61.2 cm³/mol. The van der Waals surface area contributed by atoms with Crippen molar-refractivity contribution in [3.8, 4) is 0 Å². The van der Waals surface area contributed by atoms with E-state index in [0.29, 0.717) is 16.9 Å². The lowest BCUT2D eigenvalue weighted by atomic mass is 9.93. The molecule has 16 heavy (non-hydrogen) atoms. The Balaban J connectivity index is 2.25. The number of hydrogen-bond acceptors (Lipinski definition) is 4. The second-order valence-electron chi connectivity index (χ2n) is 3.93. The molecule has 1 aliphatic rings. The topological polar surface area (TPSA) is 57.0 Å². The largest absolute Gasteiger partial charge is 0.377 e. The quantitative estimate of drug-likeness (QED) is 0.792. The number of hydrogen-bond donors (Lipinski definition) is 0. The molecule has 0 aromatic carbocycles. The van der Waals surface area contributed by atoms with Gasteiger partial charge < -0.3 is 4.74 Å². The van der Waals surface area contributed by atoms with Gasteiger partial charge in [-0.15, -0.1) is 5.10 Å². The first-order valence-electron chi connectivity index (χ1n) is 5.36. The van der Waals surface area contributed by atoms with Crippen molar-refractivity contribution in [1.82, 2.24) is 15.0 Å². The van der Waals surface area contributed by atoms with Crippen LogP contribution in [-0.2, 0) is 11.8 Å². The Morgan fingerprint density at radius 1 is 1.69 bits per heavy atom. The van der Waals surface area contributed by atoms with Crippen LogP contribution in [0.25, 0.3) is 0 Å². The van der Waals surface area contributed by atoms with E-state index in [-0.39, 0.29) is 17.8 Å². The van der Waals surface area contributed by atoms with Gasteiger partial charge in [-0.3, -0.25) is 4.79 Å². The molecule has 0 amide bonds. The third-order valence-electron chi connectivity index (χ3n) is 2.97. The van der Waals surface area contributed by atoms with E-state index in [1.807, 2.05) is 6.92 Å². The summed E-state index contributed by atoms with van der Waals surface area (Å²) in [6, 6.07) is 0. The normalized spacial score (nSPS) is 24.9. The molecule has 1 aromatic rings. The molecule has 0 N–H and O–H groups in total. The van der Waals surface area contributed by atoms with Gasteiger partial charge in [-0.05, 0) is 28.8 Å². The Bertz CT molecular complexity index is 385. The van der Waals surface area contributed by atoms with Gasteiger partial charge in [-0.2, -0.15) is 0 Å². The molecule has 1 aromatic heterocycles. The number of carbonyl (C=O) groups excluding carboxylic acids is 1. The fourth-order valence-electron chi connectivity index (χ4n) is 2.12. The number of halogens is 1. The van der Waals surface area contributed by atoms with Gasteiger partial charge in [-0.1, -0.05) is 12.1 Å². The minimum Gasteiger partial charge on any atom is -0.377 e. The second-order valence-corrected chi connectivity index (χ2v) is 4.68. The molecule has 1 fully saturated rings. The summed E-state index contributed by atoms with van der Waals surface area (Å²) >= 11 is 3.25. The maximum atomic E-state index is 12.3. The highest BCUT2D eigenvalue weighted by molar-refractivity contribution is 9.10. The van der Waals surface area contributed by atoms with Gasteiger partial charge in [0.05, 0.1) is 12.0 Å². The maximum Gasteiger partial charge on any atom is 0.189 e. The van der Waals surface area contributed by atoms with Crippen molar-refractivity contribution in [2.45, 2.75) is 25.9 Å². The zero-order chi connectivity index (χ0) is 11.7. The van der Waals surface area contributed by atoms with Gasteiger partial charge >= 0.3 is 0 Å². The maximum absolute atomic E-state index is 12.3. The minimum absolute atomic E-state index is 0.0364. The van der Waals surface area contributed by atoms with E-state index < -0.39 is 0 Å². The van der Waals surface area contributed by atoms with Crippen LogP contribution in [0.15, 0.2) is 4.60 Å². The van der Waals surface area contributed by atoms with Gasteiger partial charge in [0.15, 0.2) is 10.4 Å². The number of aromatic nitrogens is 3. The zero-order valence-corrected chi connectivity index (χ0v) is 10.9. The number of Topliss-reactive ketones (excluding diaryl/α,β-unsaturated/α-hetero) is 1. The molecule has 2 unspecified atom stereocenters. The van der Waals surface area contributed by atoms with E-state index in [9.17, 15) is 4.79 Å². The van der Waals surface area contributed by atoms with Crippen molar-refractivity contribution in [3.63, 3.8) is 0 Å². The molecule has 1 aliphatic heterocycles. The SMILES string of the molecule is CCC1OCCC1C(=O)c1c(Br)nnn1C. The summed E-state index contributed by atoms with van der Waals surface area (Å²) in [7, 11) is 1.72. The predicted octanol–water partition coefficient (Wildman–Crippen LogP) is 1.58. The molecule has 6 heteroatoms. The van der Waals surface area contributed by atoms with E-state index >= 15 is 0 Å². The Labute approximate surface area is 102 Å². The van der Waals surface area contributed by atoms with E-state index in [0.717, 1.165) is 12.8 Å². The summed E-state index contributed by atoms with van der Waals surface area (Å²) in [6.45, 7) is 2.70. The standard InChI is InChI=1S/C10H14BrN3O2/c1-3-7-6(4-5-16-7)9(15)8-10(11)12-13-14(8)2/h6-7H,3-5H2,1-2H3. The van der Waals surface area contributed by atoms with Crippen molar-refractivity contribution in [2.75, 3.05) is 6.61 Å².